The minimum absolute atomic E-state index is 0.226. The van der Waals surface area contributed by atoms with Crippen molar-refractivity contribution in [2.24, 2.45) is 5.10 Å². The molecule has 0 aromatic heterocycles. The molecule has 132 valence electrons. The van der Waals surface area contributed by atoms with Crippen LogP contribution in [0.3, 0.4) is 0 Å². The third-order valence-electron chi connectivity index (χ3n) is 3.68. The molecule has 0 spiro atoms. The van der Waals surface area contributed by atoms with E-state index < -0.39 is 12.6 Å². The predicted octanol–water partition coefficient (Wildman–Crippen LogP) is 3.61. The Labute approximate surface area is 155 Å². The predicted molar refractivity (Wildman–Crippen MR) is 99.6 cm³/mol. The first-order valence-electron chi connectivity index (χ1n) is 7.76. The Morgan fingerprint density at radius 1 is 1.27 bits per heavy atom. The number of hydrogen-bond acceptors (Lipinski definition) is 4. The van der Waals surface area contributed by atoms with Crippen molar-refractivity contribution >= 4 is 41.0 Å². The molecule has 3 rings (SSSR count). The number of para-hydroxylation sites is 1. The molecular weight excluding hydrogens is 356 g/mol. The SMILES string of the molecule is CC1=NN(c2ccccc2)C(=O)/C1=C/c1ccc(OCC(=O)O)c(Cl)c1. The van der Waals surface area contributed by atoms with Crippen LogP contribution >= 0.6 is 11.6 Å². The Kier molecular flexibility index (Phi) is 5.04. The van der Waals surface area contributed by atoms with Crippen LogP contribution in [0, 0.1) is 0 Å². The second-order valence-corrected chi connectivity index (χ2v) is 5.98. The monoisotopic (exact) mass is 370 g/mol. The number of hydrogen-bond donors (Lipinski definition) is 1. The Morgan fingerprint density at radius 2 is 2.00 bits per heavy atom. The number of carbonyl (C=O) groups excluding carboxylic acids is 1. The van der Waals surface area contributed by atoms with Crippen LogP contribution in [0.5, 0.6) is 5.75 Å². The number of hydrazone groups is 1. The van der Waals surface area contributed by atoms with Crippen molar-refractivity contribution in [1.82, 2.24) is 0 Å². The molecule has 0 unspecified atom stereocenters. The summed E-state index contributed by atoms with van der Waals surface area (Å²) in [7, 11) is 0. The van der Waals surface area contributed by atoms with E-state index in [2.05, 4.69) is 5.10 Å². The second-order valence-electron chi connectivity index (χ2n) is 5.57. The summed E-state index contributed by atoms with van der Waals surface area (Å²) in [6, 6.07) is 14.0. The maximum Gasteiger partial charge on any atom is 0.341 e. The normalized spacial score (nSPS) is 15.3. The number of carboxylic acid groups (broad SMARTS) is 1. The number of carboxylic acids is 1. The third-order valence-corrected chi connectivity index (χ3v) is 3.98. The number of amides is 1. The van der Waals surface area contributed by atoms with Crippen molar-refractivity contribution in [1.29, 1.82) is 0 Å². The minimum atomic E-state index is -1.09. The number of halogens is 1. The van der Waals surface area contributed by atoms with Gasteiger partial charge in [-0.15, -0.1) is 0 Å². The van der Waals surface area contributed by atoms with Gasteiger partial charge in [-0.05, 0) is 42.8 Å². The molecule has 26 heavy (non-hydrogen) atoms. The van der Waals surface area contributed by atoms with Gasteiger partial charge in [0.25, 0.3) is 5.91 Å². The Hall–Kier alpha value is -3.12. The molecular formula is C19H15ClN2O4. The van der Waals surface area contributed by atoms with Crippen molar-refractivity contribution < 1.29 is 19.4 Å². The van der Waals surface area contributed by atoms with Gasteiger partial charge in [-0.3, -0.25) is 4.79 Å². The molecule has 2 aromatic rings. The summed E-state index contributed by atoms with van der Waals surface area (Å²) < 4.78 is 5.09. The van der Waals surface area contributed by atoms with Gasteiger partial charge in [0, 0.05) is 0 Å². The molecule has 0 saturated carbocycles. The maximum atomic E-state index is 12.7. The lowest BCUT2D eigenvalue weighted by atomic mass is 10.1. The fourth-order valence-corrected chi connectivity index (χ4v) is 2.70. The molecule has 1 aliphatic rings. The number of carbonyl (C=O) groups is 2. The van der Waals surface area contributed by atoms with Crippen molar-refractivity contribution in [2.45, 2.75) is 6.92 Å². The lowest BCUT2D eigenvalue weighted by molar-refractivity contribution is -0.139. The summed E-state index contributed by atoms with van der Waals surface area (Å²) in [5.74, 6) is -1.04. The molecule has 0 atom stereocenters. The molecule has 0 bridgehead atoms. The van der Waals surface area contributed by atoms with Crippen LogP contribution in [0.25, 0.3) is 6.08 Å². The fraction of sp³-hybridized carbons (Fsp3) is 0.105. The molecule has 1 heterocycles. The summed E-state index contributed by atoms with van der Waals surface area (Å²) in [6.45, 7) is 1.29. The molecule has 0 fully saturated rings. The zero-order valence-electron chi connectivity index (χ0n) is 13.8. The summed E-state index contributed by atoms with van der Waals surface area (Å²) >= 11 is 6.12. The summed E-state index contributed by atoms with van der Waals surface area (Å²) in [5, 5.41) is 14.6. The molecule has 2 aromatic carbocycles. The number of rotatable bonds is 5. The van der Waals surface area contributed by atoms with E-state index in [0.717, 1.165) is 0 Å². The van der Waals surface area contributed by atoms with Gasteiger partial charge in [-0.2, -0.15) is 10.1 Å². The first-order chi connectivity index (χ1) is 12.5. The van der Waals surface area contributed by atoms with E-state index in [0.29, 0.717) is 22.5 Å². The topological polar surface area (TPSA) is 79.2 Å². The summed E-state index contributed by atoms with van der Waals surface area (Å²) in [4.78, 5) is 23.2. The van der Waals surface area contributed by atoms with Gasteiger partial charge in [-0.25, -0.2) is 4.79 Å². The highest BCUT2D eigenvalue weighted by Crippen LogP contribution is 2.28. The lowest BCUT2D eigenvalue weighted by Crippen LogP contribution is -2.21. The van der Waals surface area contributed by atoms with Crippen molar-refractivity contribution in [3.05, 3.63) is 64.7 Å². The van der Waals surface area contributed by atoms with Crippen LogP contribution in [0.15, 0.2) is 59.2 Å². The van der Waals surface area contributed by atoms with Gasteiger partial charge in [-0.1, -0.05) is 35.9 Å². The Bertz CT molecular complexity index is 922. The number of ether oxygens (including phenoxy) is 1. The molecule has 0 saturated heterocycles. The van der Waals surface area contributed by atoms with Crippen molar-refractivity contribution in [3.63, 3.8) is 0 Å². The quantitative estimate of drug-likeness (QED) is 0.815. The molecule has 7 heteroatoms. The summed E-state index contributed by atoms with van der Waals surface area (Å²) in [6.07, 6.45) is 1.69. The molecule has 6 nitrogen and oxygen atoms in total. The average Bonchev–Trinajstić information content (AvgIpc) is 2.90. The van der Waals surface area contributed by atoms with Crippen LogP contribution in [-0.2, 0) is 9.59 Å². The van der Waals surface area contributed by atoms with Gasteiger partial charge in [0.2, 0.25) is 0 Å². The lowest BCUT2D eigenvalue weighted by Gasteiger charge is -2.11. The van der Waals surface area contributed by atoms with Crippen LogP contribution in [0.2, 0.25) is 5.02 Å². The fourth-order valence-electron chi connectivity index (χ4n) is 2.46. The minimum Gasteiger partial charge on any atom is -0.480 e. The molecule has 0 aliphatic carbocycles. The second kappa shape index (κ2) is 7.41. The highest BCUT2D eigenvalue weighted by molar-refractivity contribution is 6.33. The van der Waals surface area contributed by atoms with Crippen LogP contribution in [-0.4, -0.2) is 29.3 Å². The average molecular weight is 371 g/mol. The third kappa shape index (κ3) is 3.75. The van der Waals surface area contributed by atoms with Gasteiger partial charge in [0.05, 0.1) is 22.0 Å². The summed E-state index contributed by atoms with van der Waals surface area (Å²) in [5.41, 5.74) is 2.44. The molecule has 1 N–H and O–H groups in total. The van der Waals surface area contributed by atoms with Gasteiger partial charge in [0.15, 0.2) is 6.61 Å². The smallest absolute Gasteiger partial charge is 0.341 e. The van der Waals surface area contributed by atoms with E-state index in [1.165, 1.54) is 5.01 Å². The van der Waals surface area contributed by atoms with Crippen LogP contribution < -0.4 is 9.75 Å². The first kappa shape index (κ1) is 17.7. The van der Waals surface area contributed by atoms with E-state index in [1.807, 2.05) is 30.3 Å². The largest absolute Gasteiger partial charge is 0.480 e. The van der Waals surface area contributed by atoms with Crippen LogP contribution in [0.1, 0.15) is 12.5 Å². The Balaban J connectivity index is 1.84. The van der Waals surface area contributed by atoms with E-state index >= 15 is 0 Å². The van der Waals surface area contributed by atoms with Gasteiger partial charge >= 0.3 is 5.97 Å². The van der Waals surface area contributed by atoms with E-state index in [-0.39, 0.29) is 16.7 Å². The number of nitrogens with zero attached hydrogens (tertiary/aromatic N) is 2. The van der Waals surface area contributed by atoms with Gasteiger partial charge in [0.1, 0.15) is 5.75 Å². The highest BCUT2D eigenvalue weighted by atomic mass is 35.5. The van der Waals surface area contributed by atoms with E-state index in [1.54, 1.807) is 31.2 Å². The number of aliphatic carboxylic acids is 1. The molecule has 1 amide bonds. The number of benzene rings is 2. The van der Waals surface area contributed by atoms with Crippen molar-refractivity contribution in [3.8, 4) is 5.75 Å². The maximum absolute atomic E-state index is 12.7. The molecule has 1 aliphatic heterocycles. The molecule has 0 radical (unpaired) electrons. The van der Waals surface area contributed by atoms with Gasteiger partial charge < -0.3 is 9.84 Å². The number of anilines is 1. The van der Waals surface area contributed by atoms with E-state index in [4.69, 9.17) is 21.4 Å². The standard InChI is InChI=1S/C19H15ClN2O4/c1-12-15(19(25)22(21-12)14-5-3-2-4-6-14)9-13-7-8-17(16(20)10-13)26-11-18(23)24/h2-10H,11H2,1H3,(H,23,24)/b15-9+. The zero-order chi connectivity index (χ0) is 18.7. The first-order valence-corrected chi connectivity index (χ1v) is 8.14. The zero-order valence-corrected chi connectivity index (χ0v) is 14.6. The van der Waals surface area contributed by atoms with Crippen molar-refractivity contribution in [2.75, 3.05) is 11.6 Å². The Morgan fingerprint density at radius 3 is 2.65 bits per heavy atom. The van der Waals surface area contributed by atoms with E-state index in [9.17, 15) is 9.59 Å². The van der Waals surface area contributed by atoms with Crippen LogP contribution in [0.4, 0.5) is 5.69 Å². The highest BCUT2D eigenvalue weighted by Gasteiger charge is 2.28.